The van der Waals surface area contributed by atoms with Gasteiger partial charge in [-0.05, 0) is 23.3 Å². The Hall–Kier alpha value is -4.32. The highest BCUT2D eigenvalue weighted by Crippen LogP contribution is 2.33. The number of nitrogens with zero attached hydrogens (tertiary/aromatic N) is 2. The molecule has 0 saturated carbocycles. The lowest BCUT2D eigenvalue weighted by atomic mass is 9.99. The smallest absolute Gasteiger partial charge is 0.378 e. The first-order chi connectivity index (χ1) is 18.2. The minimum atomic E-state index is -4.97. The number of carbonyl (C=O) groups excluding carboxylic acids is 1. The lowest BCUT2D eigenvalue weighted by molar-refractivity contribution is -0.141. The van der Waals surface area contributed by atoms with Crippen molar-refractivity contribution in [2.24, 2.45) is 0 Å². The largest absolute Gasteiger partial charge is 0.421 e. The van der Waals surface area contributed by atoms with Crippen molar-refractivity contribution < 1.29 is 27.1 Å². The van der Waals surface area contributed by atoms with Crippen LogP contribution in [0.1, 0.15) is 49.7 Å². The van der Waals surface area contributed by atoms with Crippen LogP contribution >= 0.6 is 0 Å². The minimum Gasteiger partial charge on any atom is -0.378 e. The van der Waals surface area contributed by atoms with Crippen LogP contribution in [0.15, 0.2) is 59.7 Å². The molecule has 38 heavy (non-hydrogen) atoms. The van der Waals surface area contributed by atoms with Crippen LogP contribution in [0, 0.1) is 5.82 Å². The van der Waals surface area contributed by atoms with Gasteiger partial charge >= 0.3 is 6.18 Å². The summed E-state index contributed by atoms with van der Waals surface area (Å²) in [7, 11) is 1.47. The first-order valence-electron chi connectivity index (χ1n) is 11.5. The number of hydrogen-bond acceptors (Lipinski definition) is 5. The van der Waals surface area contributed by atoms with Gasteiger partial charge in [0, 0.05) is 43.5 Å². The number of halogens is 4. The number of H-pyrrole nitrogens is 2. The van der Waals surface area contributed by atoms with Gasteiger partial charge in [-0.2, -0.15) is 18.3 Å². The number of nitrogens with one attached hydrogen (secondary N) is 3. The maximum absolute atomic E-state index is 13.8. The van der Waals surface area contributed by atoms with Crippen LogP contribution in [0.4, 0.5) is 17.6 Å². The van der Waals surface area contributed by atoms with Gasteiger partial charge in [0.05, 0.1) is 24.5 Å². The molecule has 3 aromatic heterocycles. The maximum atomic E-state index is 13.8. The quantitative estimate of drug-likeness (QED) is 0.285. The molecular formula is C26H23F4N5O3. The number of rotatable bonds is 9. The van der Waals surface area contributed by atoms with Gasteiger partial charge < -0.3 is 15.0 Å². The van der Waals surface area contributed by atoms with Crippen LogP contribution in [0.25, 0.3) is 0 Å². The van der Waals surface area contributed by atoms with E-state index in [-0.39, 0.29) is 24.3 Å². The molecular weight excluding hydrogens is 506 g/mol. The van der Waals surface area contributed by atoms with Crippen molar-refractivity contribution in [2.45, 2.75) is 32.2 Å². The summed E-state index contributed by atoms with van der Waals surface area (Å²) >= 11 is 0. The molecule has 0 unspecified atom stereocenters. The Morgan fingerprint density at radius 3 is 2.45 bits per heavy atom. The Morgan fingerprint density at radius 1 is 1.08 bits per heavy atom. The Morgan fingerprint density at radius 2 is 1.79 bits per heavy atom. The van der Waals surface area contributed by atoms with Crippen LogP contribution in [0.5, 0.6) is 0 Å². The molecule has 0 aliphatic heterocycles. The molecule has 0 aliphatic carbocycles. The van der Waals surface area contributed by atoms with Crippen molar-refractivity contribution in [3.63, 3.8) is 0 Å². The summed E-state index contributed by atoms with van der Waals surface area (Å²) in [5.41, 5.74) is 1.03. The molecule has 0 fully saturated rings. The van der Waals surface area contributed by atoms with Gasteiger partial charge in [-0.3, -0.25) is 19.7 Å². The van der Waals surface area contributed by atoms with Crippen LogP contribution < -0.4 is 10.9 Å². The van der Waals surface area contributed by atoms with Gasteiger partial charge in [-0.25, -0.2) is 4.39 Å². The monoisotopic (exact) mass is 529 g/mol. The van der Waals surface area contributed by atoms with E-state index in [9.17, 15) is 27.2 Å². The highest BCUT2D eigenvalue weighted by molar-refractivity contribution is 5.94. The summed E-state index contributed by atoms with van der Waals surface area (Å²) in [5, 5.41) is 9.14. The van der Waals surface area contributed by atoms with E-state index in [0.717, 1.165) is 17.3 Å². The van der Waals surface area contributed by atoms with E-state index in [1.807, 2.05) is 24.3 Å². The Kier molecular flexibility index (Phi) is 8.01. The first kappa shape index (κ1) is 26.7. The first-order valence-corrected chi connectivity index (χ1v) is 11.5. The summed E-state index contributed by atoms with van der Waals surface area (Å²) in [4.78, 5) is 31.1. The van der Waals surface area contributed by atoms with E-state index in [0.29, 0.717) is 29.3 Å². The van der Waals surface area contributed by atoms with Crippen molar-refractivity contribution in [2.75, 3.05) is 7.11 Å². The number of amides is 1. The summed E-state index contributed by atoms with van der Waals surface area (Å²) in [5.74, 6) is -2.22. The third kappa shape index (κ3) is 6.14. The zero-order chi connectivity index (χ0) is 27.3. The predicted octanol–water partition coefficient (Wildman–Crippen LogP) is 3.91. The molecule has 4 rings (SSSR count). The highest BCUT2D eigenvalue weighted by Gasteiger charge is 2.37. The highest BCUT2D eigenvalue weighted by atomic mass is 19.4. The number of methoxy groups -OCH3 is 1. The van der Waals surface area contributed by atoms with Crippen LogP contribution in [0.3, 0.4) is 0 Å². The zero-order valence-corrected chi connectivity index (χ0v) is 20.2. The average molecular weight is 529 g/mol. The van der Waals surface area contributed by atoms with Crippen molar-refractivity contribution >= 4 is 5.91 Å². The molecule has 198 valence electrons. The van der Waals surface area contributed by atoms with E-state index < -0.39 is 35.7 Å². The molecule has 4 aromatic rings. The second-order valence-corrected chi connectivity index (χ2v) is 8.45. The SMILES string of the molecule is COCc1[nH]nc(C(=O)NCc2nccc(F)c2C(F)(F)F)c1Cc1ccc(Cc2ccc[nH]c2=O)cc1. The predicted molar refractivity (Wildman–Crippen MR) is 129 cm³/mol. The number of alkyl halides is 3. The lowest BCUT2D eigenvalue weighted by Gasteiger charge is -2.13. The summed E-state index contributed by atoms with van der Waals surface area (Å²) in [6, 6.07) is 11.5. The Bertz CT molecular complexity index is 1480. The van der Waals surface area contributed by atoms with E-state index >= 15 is 0 Å². The molecule has 0 spiro atoms. The van der Waals surface area contributed by atoms with Gasteiger partial charge in [0.15, 0.2) is 5.69 Å². The van der Waals surface area contributed by atoms with Crippen LogP contribution in [0.2, 0.25) is 0 Å². The fourth-order valence-corrected chi connectivity index (χ4v) is 4.00. The van der Waals surface area contributed by atoms with Gasteiger partial charge in [0.1, 0.15) is 11.4 Å². The number of carbonyl (C=O) groups is 1. The number of aromatic amines is 2. The number of benzene rings is 1. The molecule has 3 heterocycles. The standard InChI is InChI=1S/C26H23F4N5O3/c1-38-14-21-18(12-16-6-4-15(5-7-16)11-17-3-2-9-32-24(17)36)23(35-34-21)25(37)33-13-20-22(26(28,29)30)19(27)8-10-31-20/h2-10H,11-14H2,1H3,(H,32,36)(H,33,37)(H,34,35). The fourth-order valence-electron chi connectivity index (χ4n) is 4.00. The molecule has 8 nitrogen and oxygen atoms in total. The lowest BCUT2D eigenvalue weighted by Crippen LogP contribution is -2.27. The molecule has 0 radical (unpaired) electrons. The molecule has 0 aliphatic rings. The number of aromatic nitrogens is 4. The minimum absolute atomic E-state index is 0.0260. The molecule has 0 atom stereocenters. The van der Waals surface area contributed by atoms with Crippen molar-refractivity contribution in [3.8, 4) is 0 Å². The van der Waals surface area contributed by atoms with Crippen LogP contribution in [-0.4, -0.2) is 33.2 Å². The molecule has 0 bridgehead atoms. The molecule has 3 N–H and O–H groups in total. The summed E-state index contributed by atoms with van der Waals surface area (Å²) < 4.78 is 58.9. The zero-order valence-electron chi connectivity index (χ0n) is 20.2. The average Bonchev–Trinajstić information content (AvgIpc) is 3.26. The molecule has 1 aromatic carbocycles. The van der Waals surface area contributed by atoms with Crippen molar-refractivity contribution in [1.82, 2.24) is 25.5 Å². The second-order valence-electron chi connectivity index (χ2n) is 8.45. The fraction of sp³-hybridized carbons (Fsp3) is 0.231. The van der Waals surface area contributed by atoms with E-state index in [4.69, 9.17) is 4.74 Å². The summed E-state index contributed by atoms with van der Waals surface area (Å²) in [6.45, 7) is -0.529. The van der Waals surface area contributed by atoms with E-state index in [2.05, 4.69) is 25.5 Å². The molecule has 12 heteroatoms. The number of pyridine rings is 2. The van der Waals surface area contributed by atoms with Gasteiger partial charge in [0.2, 0.25) is 0 Å². The van der Waals surface area contributed by atoms with Gasteiger partial charge in [0.25, 0.3) is 11.5 Å². The van der Waals surface area contributed by atoms with E-state index in [1.165, 1.54) is 7.11 Å². The van der Waals surface area contributed by atoms with Gasteiger partial charge in [-0.15, -0.1) is 0 Å². The normalized spacial score (nSPS) is 11.5. The maximum Gasteiger partial charge on any atom is 0.421 e. The van der Waals surface area contributed by atoms with E-state index in [1.54, 1.807) is 18.3 Å². The Labute approximate surface area is 214 Å². The number of hydrogen-bond donors (Lipinski definition) is 3. The topological polar surface area (TPSA) is 113 Å². The Balaban J connectivity index is 1.52. The van der Waals surface area contributed by atoms with Crippen molar-refractivity contribution in [1.29, 1.82) is 0 Å². The second kappa shape index (κ2) is 11.4. The number of ether oxygens (including phenoxy) is 1. The van der Waals surface area contributed by atoms with Crippen molar-refractivity contribution in [3.05, 3.63) is 116 Å². The van der Waals surface area contributed by atoms with Crippen LogP contribution in [-0.2, 0) is 36.9 Å². The molecule has 0 saturated heterocycles. The third-order valence-corrected chi connectivity index (χ3v) is 5.83. The summed E-state index contributed by atoms with van der Waals surface area (Å²) in [6.07, 6.45) is -1.79. The van der Waals surface area contributed by atoms with Gasteiger partial charge in [-0.1, -0.05) is 30.3 Å². The third-order valence-electron chi connectivity index (χ3n) is 5.83. The molecule has 1 amide bonds.